The van der Waals surface area contributed by atoms with Crippen LogP contribution >= 0.6 is 0 Å². The van der Waals surface area contributed by atoms with Gasteiger partial charge in [-0.05, 0) is 31.5 Å². The summed E-state index contributed by atoms with van der Waals surface area (Å²) in [4.78, 5) is 16.6. The fourth-order valence-electron chi connectivity index (χ4n) is 2.93. The van der Waals surface area contributed by atoms with Crippen molar-refractivity contribution in [2.24, 2.45) is 0 Å². The van der Waals surface area contributed by atoms with Crippen molar-refractivity contribution >= 4 is 11.7 Å². The number of aromatic nitrogens is 2. The Morgan fingerprint density at radius 2 is 1.81 bits per heavy atom. The van der Waals surface area contributed by atoms with E-state index in [0.29, 0.717) is 44.4 Å². The molecule has 0 bridgehead atoms. The van der Waals surface area contributed by atoms with Crippen LogP contribution in [0.2, 0.25) is 0 Å². The molecule has 1 aromatic heterocycles. The van der Waals surface area contributed by atoms with Crippen LogP contribution in [0.1, 0.15) is 20.3 Å². The van der Waals surface area contributed by atoms with Gasteiger partial charge in [0.15, 0.2) is 11.9 Å². The molecule has 2 heterocycles. The molecule has 144 valence electrons. The van der Waals surface area contributed by atoms with Gasteiger partial charge in [0.2, 0.25) is 5.88 Å². The van der Waals surface area contributed by atoms with E-state index in [1.165, 1.54) is 0 Å². The zero-order chi connectivity index (χ0) is 19.1. The minimum Gasteiger partial charge on any atom is -0.481 e. The number of benzene rings is 1. The van der Waals surface area contributed by atoms with Crippen molar-refractivity contribution in [1.82, 2.24) is 15.1 Å². The van der Waals surface area contributed by atoms with Crippen LogP contribution in [0, 0.1) is 0 Å². The quantitative estimate of drug-likeness (QED) is 0.745. The second-order valence-corrected chi connectivity index (χ2v) is 6.46. The van der Waals surface area contributed by atoms with Gasteiger partial charge in [-0.2, -0.15) is 0 Å². The van der Waals surface area contributed by atoms with Crippen LogP contribution in [0.3, 0.4) is 0 Å². The maximum atomic E-state index is 12.6. The fraction of sp³-hybridized carbons (Fsp3) is 0.450. The van der Waals surface area contributed by atoms with Crippen molar-refractivity contribution in [3.63, 3.8) is 0 Å². The predicted octanol–water partition coefficient (Wildman–Crippen LogP) is 2.38. The molecule has 1 aliphatic heterocycles. The van der Waals surface area contributed by atoms with Gasteiger partial charge < -0.3 is 19.3 Å². The Kier molecular flexibility index (Phi) is 6.46. The van der Waals surface area contributed by atoms with Crippen molar-refractivity contribution in [3.8, 4) is 11.6 Å². The Bertz CT molecular complexity index is 716. The smallest absolute Gasteiger partial charge is 0.263 e. The van der Waals surface area contributed by atoms with Crippen molar-refractivity contribution in [1.29, 1.82) is 0 Å². The lowest BCUT2D eigenvalue weighted by molar-refractivity contribution is -0.138. The molecule has 1 aromatic carbocycles. The largest absolute Gasteiger partial charge is 0.481 e. The second-order valence-electron chi connectivity index (χ2n) is 6.46. The maximum absolute atomic E-state index is 12.6. The number of carbonyl (C=O) groups is 1. The number of carbonyl (C=O) groups excluding carboxylic acids is 1. The van der Waals surface area contributed by atoms with Gasteiger partial charge in [-0.15, -0.1) is 10.2 Å². The summed E-state index contributed by atoms with van der Waals surface area (Å²) in [5.74, 6) is 2.06. The highest BCUT2D eigenvalue weighted by atomic mass is 16.5. The van der Waals surface area contributed by atoms with Gasteiger partial charge in [0.1, 0.15) is 5.75 Å². The average Bonchev–Trinajstić information content (AvgIpc) is 2.73. The Morgan fingerprint density at radius 3 is 2.44 bits per heavy atom. The molecule has 0 N–H and O–H groups in total. The lowest BCUT2D eigenvalue weighted by Crippen LogP contribution is -2.52. The Morgan fingerprint density at radius 1 is 1.07 bits per heavy atom. The number of piperazine rings is 1. The molecule has 27 heavy (non-hydrogen) atoms. The minimum absolute atomic E-state index is 0.00732. The zero-order valence-electron chi connectivity index (χ0n) is 15.9. The molecule has 0 radical (unpaired) electrons. The van der Waals surface area contributed by atoms with E-state index in [4.69, 9.17) is 9.47 Å². The van der Waals surface area contributed by atoms with E-state index in [2.05, 4.69) is 15.1 Å². The number of hydrogen-bond donors (Lipinski definition) is 0. The molecule has 0 aliphatic carbocycles. The third kappa shape index (κ3) is 5.09. The number of rotatable bonds is 7. The lowest BCUT2D eigenvalue weighted by Gasteiger charge is -2.36. The van der Waals surface area contributed by atoms with Crippen LogP contribution in [-0.2, 0) is 4.79 Å². The van der Waals surface area contributed by atoms with Crippen molar-refractivity contribution < 1.29 is 14.3 Å². The molecule has 1 atom stereocenters. The van der Waals surface area contributed by atoms with Crippen LogP contribution in [0.4, 0.5) is 5.82 Å². The summed E-state index contributed by atoms with van der Waals surface area (Å²) in [6, 6.07) is 13.2. The molecule has 2 aromatic rings. The standard InChI is InChI=1S/C20H26N4O3/c1-3-15-26-19-10-9-18(21-22-19)23-11-13-24(14-12-23)20(25)16(2)27-17-7-5-4-6-8-17/h4-10,16H,3,11-15H2,1-2H3. The van der Waals surface area contributed by atoms with Crippen molar-refractivity contribution in [3.05, 3.63) is 42.5 Å². The van der Waals surface area contributed by atoms with Crippen LogP contribution < -0.4 is 14.4 Å². The highest BCUT2D eigenvalue weighted by Crippen LogP contribution is 2.17. The van der Waals surface area contributed by atoms with E-state index in [9.17, 15) is 4.79 Å². The first-order chi connectivity index (χ1) is 13.2. The summed E-state index contributed by atoms with van der Waals surface area (Å²) in [6.45, 7) is 7.18. The zero-order valence-corrected chi connectivity index (χ0v) is 15.9. The van der Waals surface area contributed by atoms with Gasteiger partial charge in [0, 0.05) is 32.2 Å². The van der Waals surface area contributed by atoms with E-state index in [1.807, 2.05) is 54.3 Å². The van der Waals surface area contributed by atoms with Gasteiger partial charge >= 0.3 is 0 Å². The summed E-state index contributed by atoms with van der Waals surface area (Å²) in [5, 5.41) is 8.35. The van der Waals surface area contributed by atoms with Crippen molar-refractivity contribution in [2.75, 3.05) is 37.7 Å². The average molecular weight is 370 g/mol. The SMILES string of the molecule is CCCOc1ccc(N2CCN(C(=O)C(C)Oc3ccccc3)CC2)nn1. The third-order valence-corrected chi connectivity index (χ3v) is 4.40. The summed E-state index contributed by atoms with van der Waals surface area (Å²) >= 11 is 0. The highest BCUT2D eigenvalue weighted by molar-refractivity contribution is 5.81. The van der Waals surface area contributed by atoms with Crippen LogP contribution in [0.15, 0.2) is 42.5 Å². The Hall–Kier alpha value is -2.83. The van der Waals surface area contributed by atoms with E-state index >= 15 is 0 Å². The number of hydrogen-bond acceptors (Lipinski definition) is 6. The maximum Gasteiger partial charge on any atom is 0.263 e. The number of nitrogens with zero attached hydrogens (tertiary/aromatic N) is 4. The molecule has 1 saturated heterocycles. The lowest BCUT2D eigenvalue weighted by atomic mass is 10.2. The van der Waals surface area contributed by atoms with Gasteiger partial charge in [-0.3, -0.25) is 4.79 Å². The molecule has 1 fully saturated rings. The van der Waals surface area contributed by atoms with E-state index in [1.54, 1.807) is 6.92 Å². The Labute approximate surface area is 159 Å². The van der Waals surface area contributed by atoms with Gasteiger partial charge in [-0.25, -0.2) is 0 Å². The minimum atomic E-state index is -0.506. The molecule has 7 heteroatoms. The van der Waals surface area contributed by atoms with Crippen LogP contribution in [-0.4, -0.2) is 59.9 Å². The summed E-state index contributed by atoms with van der Waals surface area (Å²) in [6.07, 6.45) is 0.431. The number of anilines is 1. The van der Waals surface area contributed by atoms with Crippen LogP contribution in [0.25, 0.3) is 0 Å². The molecule has 1 aliphatic rings. The Balaban J connectivity index is 1.50. The van der Waals surface area contributed by atoms with Gasteiger partial charge in [0.05, 0.1) is 6.61 Å². The van der Waals surface area contributed by atoms with Crippen LogP contribution in [0.5, 0.6) is 11.6 Å². The monoisotopic (exact) mass is 370 g/mol. The molecule has 1 amide bonds. The normalized spacial score (nSPS) is 15.3. The van der Waals surface area contributed by atoms with Crippen molar-refractivity contribution in [2.45, 2.75) is 26.4 Å². The summed E-state index contributed by atoms with van der Waals surface area (Å²) < 4.78 is 11.2. The highest BCUT2D eigenvalue weighted by Gasteiger charge is 2.26. The molecule has 7 nitrogen and oxygen atoms in total. The first-order valence-corrected chi connectivity index (χ1v) is 9.39. The second kappa shape index (κ2) is 9.21. The first-order valence-electron chi connectivity index (χ1n) is 9.39. The van der Waals surface area contributed by atoms with Gasteiger partial charge in [-0.1, -0.05) is 25.1 Å². The molecular formula is C20H26N4O3. The molecule has 1 unspecified atom stereocenters. The topological polar surface area (TPSA) is 67.8 Å². The summed E-state index contributed by atoms with van der Waals surface area (Å²) in [7, 11) is 0. The molecule has 0 saturated carbocycles. The first kappa shape index (κ1) is 18.9. The van der Waals surface area contributed by atoms with E-state index in [0.717, 1.165) is 12.2 Å². The molecule has 3 rings (SSSR count). The fourth-order valence-corrected chi connectivity index (χ4v) is 2.93. The molecular weight excluding hydrogens is 344 g/mol. The summed E-state index contributed by atoms with van der Waals surface area (Å²) in [5.41, 5.74) is 0. The van der Waals surface area contributed by atoms with E-state index in [-0.39, 0.29) is 5.91 Å². The number of ether oxygens (including phenoxy) is 2. The number of amides is 1. The molecule has 0 spiro atoms. The third-order valence-electron chi connectivity index (χ3n) is 4.40. The van der Waals surface area contributed by atoms with Gasteiger partial charge in [0.25, 0.3) is 5.91 Å². The number of para-hydroxylation sites is 1. The predicted molar refractivity (Wildman–Crippen MR) is 103 cm³/mol. The van der Waals surface area contributed by atoms with E-state index < -0.39 is 6.10 Å².